The minimum Gasteiger partial charge on any atom is -0.387 e. The number of rotatable bonds is 9. The first-order valence-electron chi connectivity index (χ1n) is 6.15. The number of hydrogen-bond acceptors (Lipinski definition) is 6. The molecule has 0 aromatic rings. The van der Waals surface area contributed by atoms with Gasteiger partial charge in [0.15, 0.2) is 0 Å². The minimum atomic E-state index is -4.58. The maximum atomic E-state index is 10.5. The smallest absolute Gasteiger partial charge is 0.387 e. The highest BCUT2D eigenvalue weighted by Gasteiger charge is 2.22. The van der Waals surface area contributed by atoms with Gasteiger partial charge in [-0.15, -0.1) is 0 Å². The molecule has 0 radical (unpaired) electrons. The van der Waals surface area contributed by atoms with Crippen molar-refractivity contribution >= 4 is 7.82 Å². The Morgan fingerprint density at radius 3 is 2.40 bits per heavy atom. The first-order chi connectivity index (χ1) is 8.97. The van der Waals surface area contributed by atoms with Crippen LogP contribution in [0.3, 0.4) is 0 Å². The van der Waals surface area contributed by atoms with Gasteiger partial charge in [-0.1, -0.05) is 26.0 Å². The van der Waals surface area contributed by atoms with Crippen molar-refractivity contribution in [3.05, 3.63) is 12.2 Å². The number of hydrogen-bond donors (Lipinski definition) is 5. The van der Waals surface area contributed by atoms with Gasteiger partial charge in [-0.2, -0.15) is 0 Å². The zero-order valence-electron chi connectivity index (χ0n) is 12.0. The Morgan fingerprint density at radius 2 is 1.95 bits per heavy atom. The van der Waals surface area contributed by atoms with Gasteiger partial charge in [-0.05, 0) is 18.8 Å². The molecule has 0 amide bonds. The van der Waals surface area contributed by atoms with Crippen LogP contribution < -0.4 is 11.6 Å². The molecule has 120 valence electrons. The summed E-state index contributed by atoms with van der Waals surface area (Å²) in [5.74, 6) is 5.08. The van der Waals surface area contributed by atoms with Crippen LogP contribution in [0.15, 0.2) is 12.2 Å². The molecule has 20 heavy (non-hydrogen) atoms. The molecule has 0 bridgehead atoms. The Kier molecular flexibility index (Phi) is 8.08. The predicted molar refractivity (Wildman–Crippen MR) is 74.3 cm³/mol. The molecule has 0 rings (SSSR count). The fourth-order valence-corrected chi connectivity index (χ4v) is 2.01. The predicted octanol–water partition coefficient (Wildman–Crippen LogP) is 0.0352. The number of allylic oxidation sites excluding steroid dienone is 1. The molecule has 8 nitrogen and oxygen atoms in total. The number of phosphoric ester groups is 1. The van der Waals surface area contributed by atoms with E-state index < -0.39 is 26.6 Å². The zero-order chi connectivity index (χ0) is 16.0. The van der Waals surface area contributed by atoms with Gasteiger partial charge in [0.1, 0.15) is 0 Å². The maximum absolute atomic E-state index is 10.5. The van der Waals surface area contributed by atoms with Gasteiger partial charge in [0.2, 0.25) is 0 Å². The molecular formula is C11H25N2O6P. The first kappa shape index (κ1) is 19.7. The van der Waals surface area contributed by atoms with Gasteiger partial charge in [0.25, 0.3) is 0 Å². The molecule has 0 aliphatic rings. The van der Waals surface area contributed by atoms with Crippen LogP contribution in [0.2, 0.25) is 0 Å². The Labute approximate surface area is 118 Å². The quantitative estimate of drug-likeness (QED) is 0.227. The van der Waals surface area contributed by atoms with Gasteiger partial charge in [-0.3, -0.25) is 4.52 Å². The topological polar surface area (TPSA) is 148 Å². The van der Waals surface area contributed by atoms with Crippen molar-refractivity contribution in [1.29, 1.82) is 0 Å². The third-order valence-electron chi connectivity index (χ3n) is 2.66. The van der Waals surface area contributed by atoms with Crippen molar-refractivity contribution in [3.8, 4) is 0 Å². The monoisotopic (exact) mass is 312 g/mol. The molecule has 9 heteroatoms. The lowest BCUT2D eigenvalue weighted by Crippen LogP contribution is -2.37. The van der Waals surface area contributed by atoms with Crippen LogP contribution in [0.25, 0.3) is 0 Å². The summed E-state index contributed by atoms with van der Waals surface area (Å²) in [6.45, 7) is 5.25. The Morgan fingerprint density at radius 1 is 1.40 bits per heavy atom. The van der Waals surface area contributed by atoms with Crippen LogP contribution in [0, 0.1) is 5.41 Å². The van der Waals surface area contributed by atoms with E-state index in [1.54, 1.807) is 6.08 Å². The Hall–Kier alpha value is -0.310. The second-order valence-corrected chi connectivity index (χ2v) is 6.68. The molecule has 3 atom stereocenters. The molecule has 0 saturated carbocycles. The van der Waals surface area contributed by atoms with Crippen LogP contribution in [0.1, 0.15) is 27.2 Å². The third kappa shape index (κ3) is 9.57. The van der Waals surface area contributed by atoms with Crippen LogP contribution in [-0.2, 0) is 13.9 Å². The van der Waals surface area contributed by atoms with Crippen LogP contribution in [-0.4, -0.2) is 39.8 Å². The van der Waals surface area contributed by atoms with Crippen molar-refractivity contribution in [3.63, 3.8) is 0 Å². The van der Waals surface area contributed by atoms with Gasteiger partial charge in [0.05, 0.1) is 24.9 Å². The fraction of sp³-hybridized carbons (Fsp3) is 0.818. The molecule has 0 aliphatic heterocycles. The highest BCUT2D eigenvalue weighted by molar-refractivity contribution is 7.46. The van der Waals surface area contributed by atoms with E-state index in [4.69, 9.17) is 21.4 Å². The van der Waals surface area contributed by atoms with E-state index in [0.717, 1.165) is 0 Å². The van der Waals surface area contributed by atoms with Crippen molar-refractivity contribution < 1.29 is 28.8 Å². The molecule has 1 unspecified atom stereocenters. The largest absolute Gasteiger partial charge is 0.469 e. The first-order valence-corrected chi connectivity index (χ1v) is 7.68. The molecule has 0 aromatic carbocycles. The third-order valence-corrected chi connectivity index (χ3v) is 3.15. The van der Waals surface area contributed by atoms with E-state index in [2.05, 4.69) is 9.36 Å². The fourth-order valence-electron chi connectivity index (χ4n) is 1.64. The number of aliphatic hydroxyl groups is 1. The summed E-state index contributed by atoms with van der Waals surface area (Å²) in [5, 5.41) is 9.77. The van der Waals surface area contributed by atoms with Crippen LogP contribution >= 0.6 is 7.82 Å². The zero-order valence-corrected chi connectivity index (χ0v) is 12.9. The van der Waals surface area contributed by atoms with E-state index in [9.17, 15) is 9.67 Å². The maximum Gasteiger partial charge on any atom is 0.469 e. The van der Waals surface area contributed by atoms with E-state index in [-0.39, 0.29) is 11.5 Å². The summed E-state index contributed by atoms with van der Waals surface area (Å²) in [7, 11) is -4.58. The molecular weight excluding hydrogens is 287 g/mol. The number of nitrogens with two attached hydrogens (primary N) is 2. The lowest BCUT2D eigenvalue weighted by atomic mass is 9.86. The second-order valence-electron chi connectivity index (χ2n) is 5.44. The van der Waals surface area contributed by atoms with Gasteiger partial charge in [0, 0.05) is 0 Å². The standard InChI is InChI=1S/C11H25N2O6P/c1-8(19-13)6-11(2,3)5-4-10(14)9(12)7-18-20(15,16)17/h4-5,8-10,14H,6-7,12-13H2,1-3H3,(H2,15,16,17)/b5-4+/t8?,9-,10+/m0/s1. The summed E-state index contributed by atoms with van der Waals surface area (Å²) in [5.41, 5.74) is 5.29. The molecule has 0 heterocycles. The number of phosphoric acid groups is 1. The lowest BCUT2D eigenvalue weighted by Gasteiger charge is -2.24. The van der Waals surface area contributed by atoms with Crippen LogP contribution in [0.5, 0.6) is 0 Å². The summed E-state index contributed by atoms with van der Waals surface area (Å²) >= 11 is 0. The van der Waals surface area contributed by atoms with E-state index in [1.807, 2.05) is 20.8 Å². The molecule has 0 aromatic heterocycles. The summed E-state index contributed by atoms with van der Waals surface area (Å²) in [4.78, 5) is 21.8. The van der Waals surface area contributed by atoms with Gasteiger partial charge in [-0.25, -0.2) is 10.5 Å². The Bertz CT molecular complexity index is 357. The number of aliphatic hydroxyl groups excluding tert-OH is 1. The van der Waals surface area contributed by atoms with E-state index in [1.165, 1.54) is 6.08 Å². The summed E-state index contributed by atoms with van der Waals surface area (Å²) < 4.78 is 14.8. The summed E-state index contributed by atoms with van der Waals surface area (Å²) in [6.07, 6.45) is 2.65. The highest BCUT2D eigenvalue weighted by atomic mass is 31.2. The molecule has 0 fully saturated rings. The average molecular weight is 312 g/mol. The van der Waals surface area contributed by atoms with Crippen molar-refractivity contribution in [2.75, 3.05) is 6.61 Å². The molecule has 0 aliphatic carbocycles. The Balaban J connectivity index is 4.39. The molecule has 0 spiro atoms. The van der Waals surface area contributed by atoms with Gasteiger partial charge < -0.3 is 25.5 Å². The lowest BCUT2D eigenvalue weighted by molar-refractivity contribution is 0.0424. The highest BCUT2D eigenvalue weighted by Crippen LogP contribution is 2.35. The second kappa shape index (κ2) is 8.21. The molecule has 0 saturated heterocycles. The minimum absolute atomic E-state index is 0.140. The van der Waals surface area contributed by atoms with E-state index in [0.29, 0.717) is 6.42 Å². The molecule has 7 N–H and O–H groups in total. The van der Waals surface area contributed by atoms with Crippen molar-refractivity contribution in [1.82, 2.24) is 0 Å². The van der Waals surface area contributed by atoms with Gasteiger partial charge >= 0.3 is 7.82 Å². The van der Waals surface area contributed by atoms with E-state index >= 15 is 0 Å². The van der Waals surface area contributed by atoms with Crippen LogP contribution in [0.4, 0.5) is 0 Å². The summed E-state index contributed by atoms with van der Waals surface area (Å²) in [6, 6.07) is -0.933. The average Bonchev–Trinajstić information content (AvgIpc) is 2.31. The SMILES string of the molecule is CC(CC(C)(C)/C=C/[C@@H](O)[C@@H](N)COP(=O)(O)O)ON. The van der Waals surface area contributed by atoms with Crippen molar-refractivity contribution in [2.45, 2.75) is 45.4 Å². The normalized spacial score (nSPS) is 18.2. The van der Waals surface area contributed by atoms with Crippen molar-refractivity contribution in [2.24, 2.45) is 17.0 Å².